The standard InChI is InChI=1S/C24H25N3O6S/c1-4-32-23(29)20-19(18-17(31-3)13-14(2)25-22(18)34-20)26-21(28)16-11-8-12-27(16)24(30)33-15-9-6-5-7-10-15/h5-7,9-10,13,16H,4,8,11-12H2,1-3H3,(H,26,28)/t16-/m0/s1. The van der Waals surface area contributed by atoms with Crippen LogP contribution in [-0.2, 0) is 9.53 Å². The normalized spacial score (nSPS) is 15.3. The van der Waals surface area contributed by atoms with Gasteiger partial charge in [-0.05, 0) is 38.8 Å². The zero-order valence-corrected chi connectivity index (χ0v) is 19.9. The average molecular weight is 484 g/mol. The van der Waals surface area contributed by atoms with Crippen molar-refractivity contribution in [1.29, 1.82) is 0 Å². The fraction of sp³-hybridized carbons (Fsp3) is 0.333. The number of carbonyl (C=O) groups is 3. The summed E-state index contributed by atoms with van der Waals surface area (Å²) in [6.45, 7) is 4.11. The molecule has 1 saturated heterocycles. The summed E-state index contributed by atoms with van der Waals surface area (Å²) in [6, 6.07) is 9.68. The summed E-state index contributed by atoms with van der Waals surface area (Å²) in [4.78, 5) is 45.5. The van der Waals surface area contributed by atoms with Crippen LogP contribution in [-0.4, -0.2) is 54.2 Å². The molecule has 1 aliphatic rings. The van der Waals surface area contributed by atoms with Crippen molar-refractivity contribution in [3.8, 4) is 11.5 Å². The predicted molar refractivity (Wildman–Crippen MR) is 128 cm³/mol. The quantitative estimate of drug-likeness (QED) is 0.518. The second kappa shape index (κ2) is 10.1. The zero-order valence-electron chi connectivity index (χ0n) is 19.1. The average Bonchev–Trinajstić information content (AvgIpc) is 3.45. The summed E-state index contributed by atoms with van der Waals surface area (Å²) in [5, 5.41) is 3.38. The number of esters is 1. The van der Waals surface area contributed by atoms with Crippen molar-refractivity contribution in [2.45, 2.75) is 32.7 Å². The van der Waals surface area contributed by atoms with Crippen LogP contribution >= 0.6 is 11.3 Å². The van der Waals surface area contributed by atoms with Gasteiger partial charge in [-0.1, -0.05) is 18.2 Å². The molecule has 2 aromatic heterocycles. The molecule has 1 atom stereocenters. The Kier molecular flexibility index (Phi) is 6.97. The highest BCUT2D eigenvalue weighted by atomic mass is 32.1. The summed E-state index contributed by atoms with van der Waals surface area (Å²) in [5.41, 5.74) is 0.987. The van der Waals surface area contributed by atoms with Crippen LogP contribution in [0.25, 0.3) is 10.2 Å². The Balaban J connectivity index is 1.64. The number of benzene rings is 1. The highest BCUT2D eigenvalue weighted by molar-refractivity contribution is 7.21. The Morgan fingerprint density at radius 3 is 2.71 bits per heavy atom. The van der Waals surface area contributed by atoms with Gasteiger partial charge in [0.2, 0.25) is 5.91 Å². The number of aryl methyl sites for hydroxylation is 1. The number of aromatic nitrogens is 1. The van der Waals surface area contributed by atoms with Gasteiger partial charge in [0, 0.05) is 18.3 Å². The van der Waals surface area contributed by atoms with E-state index in [0.29, 0.717) is 46.8 Å². The molecule has 178 valence electrons. The third-order valence-electron chi connectivity index (χ3n) is 5.42. The Labute approximate surface area is 200 Å². The lowest BCUT2D eigenvalue weighted by Gasteiger charge is -2.23. The van der Waals surface area contributed by atoms with E-state index in [1.165, 1.54) is 12.0 Å². The van der Waals surface area contributed by atoms with Crippen molar-refractivity contribution in [2.75, 3.05) is 25.6 Å². The lowest BCUT2D eigenvalue weighted by Crippen LogP contribution is -2.44. The number of rotatable bonds is 6. The maximum atomic E-state index is 13.4. The van der Waals surface area contributed by atoms with Crippen LogP contribution < -0.4 is 14.8 Å². The molecule has 1 aromatic carbocycles. The summed E-state index contributed by atoms with van der Waals surface area (Å²) in [5.74, 6) is -0.0998. The molecule has 10 heteroatoms. The van der Waals surface area contributed by atoms with Crippen LogP contribution in [0.5, 0.6) is 11.5 Å². The van der Waals surface area contributed by atoms with E-state index in [1.807, 2.05) is 13.0 Å². The third-order valence-corrected chi connectivity index (χ3v) is 6.48. The van der Waals surface area contributed by atoms with Crippen LogP contribution in [0.1, 0.15) is 35.1 Å². The lowest BCUT2D eigenvalue weighted by atomic mass is 10.1. The molecule has 3 heterocycles. The zero-order chi connectivity index (χ0) is 24.2. The number of methoxy groups -OCH3 is 1. The number of pyridine rings is 1. The monoisotopic (exact) mass is 483 g/mol. The Morgan fingerprint density at radius 1 is 1.24 bits per heavy atom. The van der Waals surface area contributed by atoms with E-state index in [9.17, 15) is 14.4 Å². The number of nitrogens with one attached hydrogen (secondary N) is 1. The maximum absolute atomic E-state index is 13.4. The second-order valence-electron chi connectivity index (χ2n) is 7.69. The Hall–Kier alpha value is -3.66. The van der Waals surface area contributed by atoms with E-state index in [1.54, 1.807) is 37.3 Å². The number of thiophene rings is 1. The number of hydrogen-bond donors (Lipinski definition) is 1. The van der Waals surface area contributed by atoms with E-state index in [-0.39, 0.29) is 17.2 Å². The van der Waals surface area contributed by atoms with Gasteiger partial charge in [0.05, 0.1) is 24.8 Å². The van der Waals surface area contributed by atoms with Gasteiger partial charge in [-0.3, -0.25) is 9.69 Å². The van der Waals surface area contributed by atoms with Crippen molar-refractivity contribution < 1.29 is 28.6 Å². The van der Waals surface area contributed by atoms with Crippen LogP contribution in [0.2, 0.25) is 0 Å². The predicted octanol–water partition coefficient (Wildman–Crippen LogP) is 4.39. The molecule has 4 rings (SSSR count). The molecule has 3 aromatic rings. The van der Waals surface area contributed by atoms with E-state index in [4.69, 9.17) is 14.2 Å². The van der Waals surface area contributed by atoms with E-state index < -0.39 is 24.0 Å². The van der Waals surface area contributed by atoms with Crippen molar-refractivity contribution in [3.05, 3.63) is 47.0 Å². The molecule has 9 nitrogen and oxygen atoms in total. The molecule has 0 aliphatic carbocycles. The van der Waals surface area contributed by atoms with Gasteiger partial charge in [0.25, 0.3) is 0 Å². The van der Waals surface area contributed by atoms with E-state index in [0.717, 1.165) is 11.3 Å². The van der Waals surface area contributed by atoms with E-state index in [2.05, 4.69) is 10.3 Å². The van der Waals surface area contributed by atoms with Gasteiger partial charge in [-0.2, -0.15) is 0 Å². The number of likely N-dealkylation sites (tertiary alicyclic amines) is 1. The summed E-state index contributed by atoms with van der Waals surface area (Å²) in [6.07, 6.45) is 0.530. The minimum Gasteiger partial charge on any atom is -0.496 e. The lowest BCUT2D eigenvalue weighted by molar-refractivity contribution is -0.119. The molecule has 0 saturated carbocycles. The molecular formula is C24H25N3O6S. The molecule has 0 unspecified atom stereocenters. The first-order valence-electron chi connectivity index (χ1n) is 10.9. The number of amides is 2. The van der Waals surface area contributed by atoms with Gasteiger partial charge >= 0.3 is 12.1 Å². The van der Waals surface area contributed by atoms with Crippen LogP contribution in [0.3, 0.4) is 0 Å². The molecule has 0 spiro atoms. The molecule has 2 amide bonds. The topological polar surface area (TPSA) is 107 Å². The summed E-state index contributed by atoms with van der Waals surface area (Å²) < 4.78 is 16.1. The molecular weight excluding hydrogens is 458 g/mol. The number of anilines is 1. The molecule has 0 radical (unpaired) electrons. The van der Waals surface area contributed by atoms with E-state index >= 15 is 0 Å². The first-order valence-corrected chi connectivity index (χ1v) is 11.7. The van der Waals surface area contributed by atoms with Gasteiger partial charge < -0.3 is 19.5 Å². The SMILES string of the molecule is CCOC(=O)c1sc2nc(C)cc(OC)c2c1NC(=O)[C@@H]1CCCN1C(=O)Oc1ccccc1. The van der Waals surface area contributed by atoms with Crippen LogP contribution in [0.4, 0.5) is 10.5 Å². The minimum absolute atomic E-state index is 0.186. The van der Waals surface area contributed by atoms with Crippen LogP contribution in [0.15, 0.2) is 36.4 Å². The second-order valence-corrected chi connectivity index (χ2v) is 8.69. The van der Waals surface area contributed by atoms with Gasteiger partial charge in [0.15, 0.2) is 0 Å². The number of nitrogens with zero attached hydrogens (tertiary/aromatic N) is 2. The maximum Gasteiger partial charge on any atom is 0.415 e. The largest absolute Gasteiger partial charge is 0.496 e. The van der Waals surface area contributed by atoms with Crippen molar-refractivity contribution >= 4 is 45.2 Å². The summed E-state index contributed by atoms with van der Waals surface area (Å²) >= 11 is 1.12. The molecule has 0 bridgehead atoms. The third kappa shape index (κ3) is 4.67. The Morgan fingerprint density at radius 2 is 2.00 bits per heavy atom. The van der Waals surface area contributed by atoms with Crippen LogP contribution in [0, 0.1) is 6.92 Å². The van der Waals surface area contributed by atoms with Crippen molar-refractivity contribution in [1.82, 2.24) is 9.88 Å². The first kappa shape index (κ1) is 23.5. The number of hydrogen-bond acceptors (Lipinski definition) is 8. The summed E-state index contributed by atoms with van der Waals surface area (Å²) in [7, 11) is 1.51. The highest BCUT2D eigenvalue weighted by Gasteiger charge is 2.37. The fourth-order valence-corrected chi connectivity index (χ4v) is 5.00. The molecule has 1 fully saturated rings. The van der Waals surface area contributed by atoms with Gasteiger partial charge in [0.1, 0.15) is 27.2 Å². The minimum atomic E-state index is -0.745. The highest BCUT2D eigenvalue weighted by Crippen LogP contribution is 2.41. The fourth-order valence-electron chi connectivity index (χ4n) is 3.91. The number of carbonyl (C=O) groups excluding carboxylic acids is 3. The Bertz CT molecular complexity index is 1230. The first-order chi connectivity index (χ1) is 16.4. The number of ether oxygens (including phenoxy) is 3. The smallest absolute Gasteiger partial charge is 0.415 e. The van der Waals surface area contributed by atoms with Crippen molar-refractivity contribution in [2.24, 2.45) is 0 Å². The molecule has 1 aliphatic heterocycles. The van der Waals surface area contributed by atoms with Gasteiger partial charge in [-0.25, -0.2) is 14.6 Å². The number of para-hydroxylation sites is 1. The molecule has 34 heavy (non-hydrogen) atoms. The molecule has 1 N–H and O–H groups in total. The number of fused-ring (bicyclic) bond motifs is 1. The van der Waals surface area contributed by atoms with Crippen molar-refractivity contribution in [3.63, 3.8) is 0 Å². The van der Waals surface area contributed by atoms with Gasteiger partial charge in [-0.15, -0.1) is 11.3 Å².